The number of hydrogen-bond donors (Lipinski definition) is 1. The second-order valence-electron chi connectivity index (χ2n) is 9.21. The summed E-state index contributed by atoms with van der Waals surface area (Å²) in [7, 11) is 0. The van der Waals surface area contributed by atoms with E-state index < -0.39 is 0 Å². The summed E-state index contributed by atoms with van der Waals surface area (Å²) in [6, 6.07) is 2.08. The summed E-state index contributed by atoms with van der Waals surface area (Å²) in [5.41, 5.74) is 0.501. The minimum Gasteiger partial charge on any atom is -0.459 e. The molecule has 0 spiro atoms. The lowest BCUT2D eigenvalue weighted by molar-refractivity contribution is -0.146. The molecule has 0 amide bonds. The minimum atomic E-state index is -0.232. The van der Waals surface area contributed by atoms with Crippen LogP contribution in [0.5, 0.6) is 0 Å². The Labute approximate surface area is 165 Å². The molecule has 3 aliphatic rings. The summed E-state index contributed by atoms with van der Waals surface area (Å²) in [6.45, 7) is 5.78. The highest BCUT2D eigenvalue weighted by Crippen LogP contribution is 2.37. The summed E-state index contributed by atoms with van der Waals surface area (Å²) >= 11 is 0. The lowest BCUT2D eigenvalue weighted by atomic mass is 9.81. The largest absolute Gasteiger partial charge is 0.459 e. The zero-order chi connectivity index (χ0) is 19.2. The van der Waals surface area contributed by atoms with Crippen LogP contribution in [0.4, 0.5) is 0 Å². The fourth-order valence-corrected chi connectivity index (χ4v) is 5.61. The summed E-state index contributed by atoms with van der Waals surface area (Å²) in [4.78, 5) is 14.7. The average molecular weight is 378 g/mol. The zero-order valence-electron chi connectivity index (χ0n) is 17.2. The first-order valence-corrected chi connectivity index (χ1v) is 11.3. The summed E-state index contributed by atoms with van der Waals surface area (Å²) in [5, 5.41) is 9.49. The molecule has 4 heteroatoms. The Kier molecular flexibility index (Phi) is 7.77. The molecule has 1 N–H and O–H groups in total. The molecule has 3 aliphatic carbocycles. The van der Waals surface area contributed by atoms with Crippen molar-refractivity contribution in [3.63, 3.8) is 0 Å². The molecule has 0 atom stereocenters. The number of aliphatic hydroxyl groups excluding tert-OH is 1. The van der Waals surface area contributed by atoms with Gasteiger partial charge in [0.05, 0.1) is 0 Å². The number of ether oxygens (including phenoxy) is 1. The number of carbonyl (C=O) groups excluding carboxylic acids is 1. The highest BCUT2D eigenvalue weighted by Gasteiger charge is 2.37. The molecule has 0 aromatic heterocycles. The normalized spacial score (nSPS) is 33.0. The van der Waals surface area contributed by atoms with Gasteiger partial charge in [0.2, 0.25) is 0 Å². The second kappa shape index (κ2) is 10.1. The van der Waals surface area contributed by atoms with Crippen molar-refractivity contribution in [3.8, 4) is 0 Å². The molecular formula is C23H39NO3. The van der Waals surface area contributed by atoms with Crippen molar-refractivity contribution in [2.75, 3.05) is 6.61 Å². The average Bonchev–Trinajstić information content (AvgIpc) is 2.71. The zero-order valence-corrected chi connectivity index (χ0v) is 17.2. The van der Waals surface area contributed by atoms with Crippen LogP contribution in [0.15, 0.2) is 12.2 Å². The van der Waals surface area contributed by atoms with Gasteiger partial charge >= 0.3 is 5.97 Å². The first kappa shape index (κ1) is 20.9. The van der Waals surface area contributed by atoms with E-state index in [1.165, 1.54) is 57.8 Å². The molecule has 154 valence electrons. The van der Waals surface area contributed by atoms with Gasteiger partial charge in [0, 0.05) is 30.3 Å². The molecule has 0 aliphatic heterocycles. The monoisotopic (exact) mass is 377 g/mol. The maximum absolute atomic E-state index is 11.8. The molecular weight excluding hydrogens is 338 g/mol. The van der Waals surface area contributed by atoms with Crippen LogP contribution < -0.4 is 0 Å². The van der Waals surface area contributed by atoms with Crippen molar-refractivity contribution in [1.29, 1.82) is 0 Å². The maximum atomic E-state index is 11.8. The Morgan fingerprint density at radius 1 is 0.889 bits per heavy atom. The van der Waals surface area contributed by atoms with Crippen LogP contribution >= 0.6 is 0 Å². The van der Waals surface area contributed by atoms with Crippen LogP contribution in [-0.4, -0.2) is 46.8 Å². The van der Waals surface area contributed by atoms with E-state index in [1.54, 1.807) is 6.92 Å². The van der Waals surface area contributed by atoms with Crippen LogP contribution in [0.3, 0.4) is 0 Å². The van der Waals surface area contributed by atoms with Crippen molar-refractivity contribution in [3.05, 3.63) is 12.2 Å². The smallest absolute Gasteiger partial charge is 0.333 e. The van der Waals surface area contributed by atoms with Gasteiger partial charge in [0.15, 0.2) is 0 Å². The van der Waals surface area contributed by atoms with Gasteiger partial charge in [-0.3, -0.25) is 4.90 Å². The second-order valence-corrected chi connectivity index (χ2v) is 9.21. The summed E-state index contributed by atoms with van der Waals surface area (Å²) in [6.07, 6.45) is 16.0. The van der Waals surface area contributed by atoms with Crippen molar-refractivity contribution in [2.24, 2.45) is 5.92 Å². The lowest BCUT2D eigenvalue weighted by Crippen LogP contribution is -2.52. The lowest BCUT2D eigenvalue weighted by Gasteiger charge is -2.48. The standard InChI is InChI=1S/C23H39NO3/c1-17(2)23(26)27-22-14-12-21(13-15-22)24(19-6-4-3-5-7-19)20-10-8-18(16-25)9-11-20/h18-22,25H,1,3-16H2,2H3. The number of hydrogen-bond acceptors (Lipinski definition) is 4. The van der Waals surface area contributed by atoms with E-state index in [9.17, 15) is 9.90 Å². The quantitative estimate of drug-likeness (QED) is 0.543. The van der Waals surface area contributed by atoms with Gasteiger partial charge in [-0.25, -0.2) is 4.79 Å². The third kappa shape index (κ3) is 5.57. The van der Waals surface area contributed by atoms with Crippen LogP contribution in [0.1, 0.15) is 90.4 Å². The van der Waals surface area contributed by atoms with Crippen molar-refractivity contribution >= 4 is 5.97 Å². The molecule has 0 unspecified atom stereocenters. The van der Waals surface area contributed by atoms with Gasteiger partial charge < -0.3 is 9.84 Å². The molecule has 3 saturated carbocycles. The highest BCUT2D eigenvalue weighted by molar-refractivity contribution is 5.87. The van der Waals surface area contributed by atoms with Crippen LogP contribution in [0.2, 0.25) is 0 Å². The maximum Gasteiger partial charge on any atom is 0.333 e. The fourth-order valence-electron chi connectivity index (χ4n) is 5.61. The molecule has 0 bridgehead atoms. The van der Waals surface area contributed by atoms with Gasteiger partial charge in [0.1, 0.15) is 6.10 Å². The predicted octanol–water partition coefficient (Wildman–Crippen LogP) is 4.60. The van der Waals surface area contributed by atoms with Gasteiger partial charge in [-0.15, -0.1) is 0 Å². The molecule has 27 heavy (non-hydrogen) atoms. The van der Waals surface area contributed by atoms with E-state index in [4.69, 9.17) is 4.74 Å². The van der Waals surface area contributed by atoms with Gasteiger partial charge in [-0.05, 0) is 77.0 Å². The SMILES string of the molecule is C=C(C)C(=O)OC1CCC(N(C2CCCCC2)C2CCC(CO)CC2)CC1. The number of esters is 1. The van der Waals surface area contributed by atoms with Crippen LogP contribution in [-0.2, 0) is 9.53 Å². The van der Waals surface area contributed by atoms with E-state index in [0.29, 0.717) is 30.2 Å². The predicted molar refractivity (Wildman–Crippen MR) is 108 cm³/mol. The number of aliphatic hydroxyl groups is 1. The molecule has 0 aromatic rings. The van der Waals surface area contributed by atoms with Crippen LogP contribution in [0.25, 0.3) is 0 Å². The third-order valence-corrected chi connectivity index (χ3v) is 7.18. The minimum absolute atomic E-state index is 0.0729. The van der Waals surface area contributed by atoms with Crippen LogP contribution in [0, 0.1) is 5.92 Å². The Morgan fingerprint density at radius 2 is 1.41 bits per heavy atom. The Hall–Kier alpha value is -0.870. The number of rotatable bonds is 6. The fraction of sp³-hybridized carbons (Fsp3) is 0.870. The third-order valence-electron chi connectivity index (χ3n) is 7.18. The van der Waals surface area contributed by atoms with Gasteiger partial charge in [0.25, 0.3) is 0 Å². The summed E-state index contributed by atoms with van der Waals surface area (Å²) < 4.78 is 5.62. The molecule has 0 aromatic carbocycles. The molecule has 0 saturated heterocycles. The molecule has 3 rings (SSSR count). The van der Waals surface area contributed by atoms with Crippen molar-refractivity contribution < 1.29 is 14.6 Å². The van der Waals surface area contributed by atoms with E-state index in [-0.39, 0.29) is 12.1 Å². The van der Waals surface area contributed by atoms with Gasteiger partial charge in [-0.2, -0.15) is 0 Å². The molecule has 0 heterocycles. The van der Waals surface area contributed by atoms with E-state index >= 15 is 0 Å². The van der Waals surface area contributed by atoms with Crippen molar-refractivity contribution in [2.45, 2.75) is 115 Å². The Morgan fingerprint density at radius 3 is 1.93 bits per heavy atom. The molecule has 0 radical (unpaired) electrons. The Bertz CT molecular complexity index is 484. The molecule has 4 nitrogen and oxygen atoms in total. The molecule has 3 fully saturated rings. The van der Waals surface area contributed by atoms with E-state index in [0.717, 1.165) is 31.7 Å². The highest BCUT2D eigenvalue weighted by atomic mass is 16.5. The number of nitrogens with zero attached hydrogens (tertiary/aromatic N) is 1. The number of carbonyl (C=O) groups is 1. The topological polar surface area (TPSA) is 49.8 Å². The first-order valence-electron chi connectivity index (χ1n) is 11.3. The van der Waals surface area contributed by atoms with Gasteiger partial charge in [-0.1, -0.05) is 25.8 Å². The van der Waals surface area contributed by atoms with E-state index in [2.05, 4.69) is 11.5 Å². The van der Waals surface area contributed by atoms with E-state index in [1.807, 2.05) is 0 Å². The summed E-state index contributed by atoms with van der Waals surface area (Å²) in [5.74, 6) is 0.289. The Balaban J connectivity index is 1.60. The first-order chi connectivity index (χ1) is 13.1. The van der Waals surface area contributed by atoms with Crippen molar-refractivity contribution in [1.82, 2.24) is 4.90 Å².